The predicted octanol–water partition coefficient (Wildman–Crippen LogP) is 2.90. The molecule has 1 aromatic carbocycles. The average Bonchev–Trinajstić information content (AvgIpc) is 3.35. The van der Waals surface area contributed by atoms with E-state index >= 15 is 0 Å². The molecule has 0 spiro atoms. The molecule has 3 rings (SSSR count). The fourth-order valence-electron chi connectivity index (χ4n) is 3.61. The zero-order chi connectivity index (χ0) is 23.6. The summed E-state index contributed by atoms with van der Waals surface area (Å²) in [6, 6.07) is 9.49. The van der Waals surface area contributed by atoms with Gasteiger partial charge < -0.3 is 24.0 Å². The normalized spacial score (nSPS) is 15.2. The van der Waals surface area contributed by atoms with Crippen LogP contribution in [0.2, 0.25) is 0 Å². The average molecular weight is 456 g/mol. The zero-order valence-corrected chi connectivity index (χ0v) is 19.7. The van der Waals surface area contributed by atoms with E-state index in [1.165, 1.54) is 4.90 Å². The number of nitrogens with zero attached hydrogens (tertiary/aromatic N) is 3. The highest BCUT2D eigenvalue weighted by molar-refractivity contribution is 5.83. The van der Waals surface area contributed by atoms with Crippen molar-refractivity contribution in [3.63, 3.8) is 0 Å². The summed E-state index contributed by atoms with van der Waals surface area (Å²) in [6.07, 6.45) is 4.76. The number of ether oxygens (including phenoxy) is 3. The minimum atomic E-state index is -0.0876. The van der Waals surface area contributed by atoms with E-state index in [-0.39, 0.29) is 24.7 Å². The Morgan fingerprint density at radius 2 is 1.88 bits per heavy atom. The van der Waals surface area contributed by atoms with Crippen LogP contribution in [0.4, 0.5) is 0 Å². The molecule has 0 unspecified atom stereocenters. The van der Waals surface area contributed by atoms with Gasteiger partial charge in [-0.3, -0.25) is 14.6 Å². The van der Waals surface area contributed by atoms with Crippen LogP contribution < -0.4 is 9.47 Å². The van der Waals surface area contributed by atoms with Gasteiger partial charge in [-0.25, -0.2) is 0 Å². The maximum absolute atomic E-state index is 13.1. The minimum Gasteiger partial charge on any atom is -0.493 e. The smallest absolute Gasteiger partial charge is 0.223 e. The second-order valence-electron chi connectivity index (χ2n) is 8.43. The molecular formula is C25H33N3O5. The van der Waals surface area contributed by atoms with Crippen LogP contribution in [0.1, 0.15) is 30.4 Å². The second-order valence-corrected chi connectivity index (χ2v) is 8.43. The summed E-state index contributed by atoms with van der Waals surface area (Å²) in [7, 11) is 4.99. The van der Waals surface area contributed by atoms with Crippen molar-refractivity contribution < 1.29 is 23.8 Å². The van der Waals surface area contributed by atoms with Crippen molar-refractivity contribution in [2.24, 2.45) is 5.92 Å². The Morgan fingerprint density at radius 3 is 2.55 bits per heavy atom. The van der Waals surface area contributed by atoms with Gasteiger partial charge in [-0.05, 0) is 35.7 Å². The van der Waals surface area contributed by atoms with Crippen LogP contribution in [0.15, 0.2) is 42.7 Å². The highest BCUT2D eigenvalue weighted by atomic mass is 16.5. The number of aromatic nitrogens is 1. The first-order valence-corrected chi connectivity index (χ1v) is 11.2. The first-order valence-electron chi connectivity index (χ1n) is 11.2. The van der Waals surface area contributed by atoms with Crippen LogP contribution in [-0.2, 0) is 27.4 Å². The third kappa shape index (κ3) is 7.46. The fourth-order valence-corrected chi connectivity index (χ4v) is 3.61. The number of carbonyl (C=O) groups excluding carboxylic acids is 2. The summed E-state index contributed by atoms with van der Waals surface area (Å²) >= 11 is 0. The molecule has 8 heteroatoms. The molecule has 1 saturated heterocycles. The van der Waals surface area contributed by atoms with Gasteiger partial charge >= 0.3 is 0 Å². The van der Waals surface area contributed by atoms with Crippen LogP contribution >= 0.6 is 0 Å². The Bertz CT molecular complexity index is 914. The summed E-state index contributed by atoms with van der Waals surface area (Å²) in [5.41, 5.74) is 1.85. The number of benzene rings is 1. The van der Waals surface area contributed by atoms with Crippen molar-refractivity contribution >= 4 is 11.8 Å². The SMILES string of the molecule is COc1ccc(CN(Cc2cccnc2)C(=O)CCC(=O)N(C)C)cc1OC[C@H]1CCOC1. The number of carbonyl (C=O) groups is 2. The van der Waals surface area contributed by atoms with Crippen LogP contribution in [0, 0.1) is 5.92 Å². The van der Waals surface area contributed by atoms with E-state index in [0.717, 1.165) is 24.2 Å². The molecule has 1 aliphatic heterocycles. The Morgan fingerprint density at radius 1 is 1.09 bits per heavy atom. The van der Waals surface area contributed by atoms with Crippen molar-refractivity contribution in [2.45, 2.75) is 32.4 Å². The molecule has 2 aromatic rings. The van der Waals surface area contributed by atoms with Gasteiger partial charge in [-0.15, -0.1) is 0 Å². The topological polar surface area (TPSA) is 81.2 Å². The van der Waals surface area contributed by atoms with Gasteiger partial charge in [0.15, 0.2) is 11.5 Å². The molecule has 1 aliphatic rings. The lowest BCUT2D eigenvalue weighted by Gasteiger charge is -2.24. The summed E-state index contributed by atoms with van der Waals surface area (Å²) in [5, 5.41) is 0. The van der Waals surface area contributed by atoms with E-state index in [1.807, 2.05) is 30.3 Å². The Balaban J connectivity index is 1.73. The first kappa shape index (κ1) is 24.5. The molecule has 0 saturated carbocycles. The van der Waals surface area contributed by atoms with E-state index in [4.69, 9.17) is 14.2 Å². The van der Waals surface area contributed by atoms with Gasteiger partial charge in [-0.1, -0.05) is 12.1 Å². The molecule has 178 valence electrons. The van der Waals surface area contributed by atoms with E-state index in [1.54, 1.807) is 38.5 Å². The van der Waals surface area contributed by atoms with Gasteiger partial charge in [0.25, 0.3) is 0 Å². The van der Waals surface area contributed by atoms with Crippen LogP contribution in [-0.4, -0.2) is 67.6 Å². The molecule has 33 heavy (non-hydrogen) atoms. The number of pyridine rings is 1. The highest BCUT2D eigenvalue weighted by Crippen LogP contribution is 2.30. The van der Waals surface area contributed by atoms with Crippen molar-refractivity contribution in [1.29, 1.82) is 0 Å². The molecule has 2 amide bonds. The third-order valence-electron chi connectivity index (χ3n) is 5.60. The van der Waals surface area contributed by atoms with Gasteiger partial charge in [0.05, 0.1) is 20.3 Å². The molecule has 1 aromatic heterocycles. The Labute approximate surface area is 195 Å². The largest absolute Gasteiger partial charge is 0.493 e. The minimum absolute atomic E-state index is 0.0688. The predicted molar refractivity (Wildman–Crippen MR) is 124 cm³/mol. The van der Waals surface area contributed by atoms with E-state index < -0.39 is 0 Å². The maximum atomic E-state index is 13.1. The van der Waals surface area contributed by atoms with Crippen molar-refractivity contribution in [3.05, 3.63) is 53.9 Å². The molecular weight excluding hydrogens is 422 g/mol. The monoisotopic (exact) mass is 455 g/mol. The van der Waals surface area contributed by atoms with Gasteiger partial charge in [-0.2, -0.15) is 0 Å². The lowest BCUT2D eigenvalue weighted by molar-refractivity contribution is -0.136. The number of amides is 2. The van der Waals surface area contributed by atoms with Gasteiger partial charge in [0.2, 0.25) is 11.8 Å². The number of methoxy groups -OCH3 is 1. The molecule has 0 radical (unpaired) electrons. The number of hydrogen-bond donors (Lipinski definition) is 0. The quantitative estimate of drug-likeness (QED) is 0.518. The summed E-state index contributed by atoms with van der Waals surface area (Å²) in [6.45, 7) is 2.83. The number of rotatable bonds is 11. The van der Waals surface area contributed by atoms with E-state index in [9.17, 15) is 9.59 Å². The molecule has 1 atom stereocenters. The molecule has 8 nitrogen and oxygen atoms in total. The summed E-state index contributed by atoms with van der Waals surface area (Å²) in [4.78, 5) is 32.4. The lowest BCUT2D eigenvalue weighted by Crippen LogP contribution is -2.31. The molecule has 0 aliphatic carbocycles. The second kappa shape index (κ2) is 12.2. The summed E-state index contributed by atoms with van der Waals surface area (Å²) in [5.74, 6) is 1.52. The van der Waals surface area contributed by atoms with Gasteiger partial charge in [0.1, 0.15) is 0 Å². The molecule has 1 fully saturated rings. The molecule has 0 bridgehead atoms. The zero-order valence-electron chi connectivity index (χ0n) is 19.7. The highest BCUT2D eigenvalue weighted by Gasteiger charge is 2.20. The maximum Gasteiger partial charge on any atom is 0.223 e. The molecule has 0 N–H and O–H groups in total. The van der Waals surface area contributed by atoms with Crippen LogP contribution in [0.3, 0.4) is 0 Å². The van der Waals surface area contributed by atoms with Crippen molar-refractivity contribution in [2.75, 3.05) is 41.0 Å². The van der Waals surface area contributed by atoms with E-state index in [2.05, 4.69) is 4.98 Å². The summed E-state index contributed by atoms with van der Waals surface area (Å²) < 4.78 is 16.9. The standard InChI is InChI=1S/C25H33N3O5/c1-27(2)24(29)8-9-25(30)28(16-20-5-4-11-26-14-20)15-19-6-7-22(31-3)23(13-19)33-18-21-10-12-32-17-21/h4-7,11,13-14,21H,8-10,12,15-18H2,1-3H3/t21-/m0/s1. The van der Waals surface area contributed by atoms with Gasteiger partial charge in [0, 0.05) is 64.9 Å². The van der Waals surface area contributed by atoms with Crippen LogP contribution in [0.25, 0.3) is 0 Å². The Hall–Kier alpha value is -3.13. The fraction of sp³-hybridized carbons (Fsp3) is 0.480. The van der Waals surface area contributed by atoms with Crippen molar-refractivity contribution in [3.8, 4) is 11.5 Å². The molecule has 2 heterocycles. The lowest BCUT2D eigenvalue weighted by atomic mass is 10.1. The first-order chi connectivity index (χ1) is 16.0. The van der Waals surface area contributed by atoms with E-state index in [0.29, 0.717) is 43.7 Å². The third-order valence-corrected chi connectivity index (χ3v) is 5.60. The van der Waals surface area contributed by atoms with Crippen molar-refractivity contribution in [1.82, 2.24) is 14.8 Å². The van der Waals surface area contributed by atoms with Crippen LogP contribution in [0.5, 0.6) is 11.5 Å². The number of hydrogen-bond acceptors (Lipinski definition) is 6. The Kier molecular flexibility index (Phi) is 9.06.